The minimum absolute atomic E-state index is 0.0216. The molecule has 1 atom stereocenters. The van der Waals surface area contributed by atoms with Crippen LogP contribution >= 0.6 is 0 Å². The lowest BCUT2D eigenvalue weighted by atomic mass is 9.49. The maximum Gasteiger partial charge on any atom is 0.226 e. The van der Waals surface area contributed by atoms with E-state index >= 15 is 0 Å². The first kappa shape index (κ1) is 18.7. The molecule has 0 unspecified atom stereocenters. The molecule has 160 valence electrons. The van der Waals surface area contributed by atoms with Crippen LogP contribution in [0.2, 0.25) is 0 Å². The Balaban J connectivity index is 1.05. The molecule has 8 aliphatic carbocycles. The van der Waals surface area contributed by atoms with Gasteiger partial charge in [-0.3, -0.25) is 9.59 Å². The summed E-state index contributed by atoms with van der Waals surface area (Å²) in [6.45, 7) is 2.65. The predicted octanol–water partition coefficient (Wildman–Crippen LogP) is 4.04. The lowest BCUT2D eigenvalue weighted by molar-refractivity contribution is -0.148. The van der Waals surface area contributed by atoms with Crippen LogP contribution in [0.15, 0.2) is 0 Å². The minimum atomic E-state index is -0.0903. The molecule has 0 radical (unpaired) electrons. The van der Waals surface area contributed by atoms with E-state index in [1.807, 2.05) is 0 Å². The summed E-state index contributed by atoms with van der Waals surface area (Å²) in [6, 6.07) is 0.0216. The number of rotatable bonds is 5. The Bertz CT molecular complexity index is 643. The van der Waals surface area contributed by atoms with Crippen LogP contribution in [-0.4, -0.2) is 24.4 Å². The summed E-state index contributed by atoms with van der Waals surface area (Å²) < 4.78 is 0. The highest BCUT2D eigenvalue weighted by Crippen LogP contribution is 2.61. The number of hydrogen-bond acceptors (Lipinski definition) is 2. The first-order valence-electron chi connectivity index (χ1n) is 12.5. The fourth-order valence-corrected chi connectivity index (χ4v) is 9.64. The van der Waals surface area contributed by atoms with E-state index in [1.54, 1.807) is 0 Å². The molecule has 4 nitrogen and oxygen atoms in total. The summed E-state index contributed by atoms with van der Waals surface area (Å²) in [4.78, 5) is 26.4. The zero-order chi connectivity index (χ0) is 19.8. The monoisotopic (exact) mass is 398 g/mol. The smallest absolute Gasteiger partial charge is 0.226 e. The van der Waals surface area contributed by atoms with Gasteiger partial charge in [-0.05, 0) is 119 Å². The summed E-state index contributed by atoms with van der Waals surface area (Å²) >= 11 is 0. The van der Waals surface area contributed by atoms with Gasteiger partial charge in [-0.25, -0.2) is 0 Å². The molecule has 4 heteroatoms. The molecule has 2 amide bonds. The van der Waals surface area contributed by atoms with Gasteiger partial charge in [0.05, 0.1) is 0 Å². The van der Waals surface area contributed by atoms with Crippen LogP contribution in [0.3, 0.4) is 0 Å². The number of carbonyl (C=O) groups is 2. The Hall–Kier alpha value is -1.06. The molecule has 2 N–H and O–H groups in total. The largest absolute Gasteiger partial charge is 0.354 e. The van der Waals surface area contributed by atoms with E-state index in [1.165, 1.54) is 38.5 Å². The van der Waals surface area contributed by atoms with Crippen molar-refractivity contribution in [2.45, 2.75) is 90.0 Å². The summed E-state index contributed by atoms with van der Waals surface area (Å²) in [5.41, 5.74) is -0.175. The zero-order valence-corrected chi connectivity index (χ0v) is 18.1. The highest BCUT2D eigenvalue weighted by molar-refractivity contribution is 5.84. The zero-order valence-electron chi connectivity index (χ0n) is 18.1. The van der Waals surface area contributed by atoms with Gasteiger partial charge in [0.1, 0.15) is 0 Å². The number of nitrogens with one attached hydrogen (secondary N) is 2. The van der Waals surface area contributed by atoms with Crippen molar-refractivity contribution in [3.8, 4) is 0 Å². The van der Waals surface area contributed by atoms with Gasteiger partial charge in [-0.2, -0.15) is 0 Å². The predicted molar refractivity (Wildman–Crippen MR) is 112 cm³/mol. The number of carbonyl (C=O) groups excluding carboxylic acids is 2. The molecule has 8 rings (SSSR count). The Morgan fingerprint density at radius 3 is 1.41 bits per heavy atom. The molecule has 0 saturated heterocycles. The second-order valence-corrected chi connectivity index (χ2v) is 12.5. The fourth-order valence-electron chi connectivity index (χ4n) is 9.64. The van der Waals surface area contributed by atoms with Crippen molar-refractivity contribution in [3.05, 3.63) is 0 Å². The second-order valence-electron chi connectivity index (χ2n) is 12.5. The van der Waals surface area contributed by atoms with Gasteiger partial charge in [0.2, 0.25) is 11.8 Å². The van der Waals surface area contributed by atoms with Gasteiger partial charge in [0.15, 0.2) is 0 Å². The van der Waals surface area contributed by atoms with Crippen LogP contribution in [0.5, 0.6) is 0 Å². The number of amides is 2. The van der Waals surface area contributed by atoms with Gasteiger partial charge in [-0.1, -0.05) is 0 Å². The summed E-state index contributed by atoms with van der Waals surface area (Å²) in [5.74, 6) is 5.32. The molecule has 0 aromatic rings. The van der Waals surface area contributed by atoms with Crippen LogP contribution in [0.4, 0.5) is 0 Å². The van der Waals surface area contributed by atoms with Crippen LogP contribution < -0.4 is 10.6 Å². The molecule has 8 saturated carbocycles. The molecule has 0 spiro atoms. The van der Waals surface area contributed by atoms with Crippen LogP contribution in [-0.2, 0) is 9.59 Å². The summed E-state index contributed by atoms with van der Waals surface area (Å²) in [6.07, 6.45) is 14.8. The lowest BCUT2D eigenvalue weighted by Gasteiger charge is -2.56. The summed E-state index contributed by atoms with van der Waals surface area (Å²) in [5, 5.41) is 6.58. The van der Waals surface area contributed by atoms with Crippen molar-refractivity contribution in [2.75, 3.05) is 6.54 Å². The van der Waals surface area contributed by atoms with E-state index in [2.05, 4.69) is 17.6 Å². The number of hydrogen-bond donors (Lipinski definition) is 2. The first-order chi connectivity index (χ1) is 13.9. The van der Waals surface area contributed by atoms with Crippen LogP contribution in [0.25, 0.3) is 0 Å². The standard InChI is InChI=1S/C25H38N2O2/c1-15(27-23(29)25-11-19-5-20(12-25)7-21(6-19)13-25)14-26-22(28)24-8-16-2-17(9-24)4-18(3-16)10-24/h15-21H,2-14H2,1H3,(H,26,28)(H,27,29)/t15-,16?,17?,18?,19?,20?,21?,24?,25?/m0/s1. The maximum absolute atomic E-state index is 13.2. The molecule has 0 heterocycles. The molecule has 0 aromatic carbocycles. The topological polar surface area (TPSA) is 58.2 Å². The van der Waals surface area contributed by atoms with Crippen molar-refractivity contribution in [1.29, 1.82) is 0 Å². The van der Waals surface area contributed by atoms with Crippen LogP contribution in [0, 0.1) is 46.3 Å². The Morgan fingerprint density at radius 2 is 1.03 bits per heavy atom. The van der Waals surface area contributed by atoms with Gasteiger partial charge in [0.25, 0.3) is 0 Å². The van der Waals surface area contributed by atoms with E-state index in [9.17, 15) is 9.59 Å². The van der Waals surface area contributed by atoms with E-state index in [4.69, 9.17) is 0 Å². The molecular formula is C25H38N2O2. The SMILES string of the molecule is C[C@@H](CNC(=O)C12CC3CC(CC(C3)C1)C2)NC(=O)C12CC3CC(CC(C3)C1)C2. The van der Waals surface area contributed by atoms with E-state index in [-0.39, 0.29) is 28.7 Å². The van der Waals surface area contributed by atoms with E-state index in [0.29, 0.717) is 6.54 Å². The van der Waals surface area contributed by atoms with Crippen molar-refractivity contribution in [1.82, 2.24) is 10.6 Å². The van der Waals surface area contributed by atoms with Crippen molar-refractivity contribution >= 4 is 11.8 Å². The normalized spacial score (nSPS) is 49.8. The molecule has 0 aromatic heterocycles. The summed E-state index contributed by atoms with van der Waals surface area (Å²) in [7, 11) is 0. The van der Waals surface area contributed by atoms with Gasteiger partial charge >= 0.3 is 0 Å². The molecule has 29 heavy (non-hydrogen) atoms. The third-order valence-electron chi connectivity index (χ3n) is 9.99. The average molecular weight is 399 g/mol. The fraction of sp³-hybridized carbons (Fsp3) is 0.920. The van der Waals surface area contributed by atoms with E-state index in [0.717, 1.165) is 74.0 Å². The molecule has 8 aliphatic rings. The third-order valence-corrected chi connectivity index (χ3v) is 9.99. The van der Waals surface area contributed by atoms with Crippen molar-refractivity contribution in [3.63, 3.8) is 0 Å². The first-order valence-corrected chi connectivity index (χ1v) is 12.5. The van der Waals surface area contributed by atoms with Gasteiger partial charge < -0.3 is 10.6 Å². The molecular weight excluding hydrogens is 360 g/mol. The Labute approximate surface area is 175 Å². The van der Waals surface area contributed by atoms with Crippen LogP contribution in [0.1, 0.15) is 84.0 Å². The molecule has 8 bridgehead atoms. The van der Waals surface area contributed by atoms with Gasteiger partial charge in [-0.15, -0.1) is 0 Å². The molecule has 0 aliphatic heterocycles. The Morgan fingerprint density at radius 1 is 0.690 bits per heavy atom. The highest BCUT2D eigenvalue weighted by Gasteiger charge is 2.56. The minimum Gasteiger partial charge on any atom is -0.354 e. The third kappa shape index (κ3) is 3.07. The quantitative estimate of drug-likeness (QED) is 0.734. The Kier molecular flexibility index (Phi) is 4.17. The second kappa shape index (κ2) is 6.47. The molecule has 8 fully saturated rings. The highest BCUT2D eigenvalue weighted by atomic mass is 16.2. The van der Waals surface area contributed by atoms with Crippen molar-refractivity contribution in [2.24, 2.45) is 46.3 Å². The van der Waals surface area contributed by atoms with E-state index < -0.39 is 0 Å². The lowest BCUT2D eigenvalue weighted by Crippen LogP contribution is -2.57. The van der Waals surface area contributed by atoms with Gasteiger partial charge in [0, 0.05) is 23.4 Å². The average Bonchev–Trinajstić information content (AvgIpc) is 2.64. The maximum atomic E-state index is 13.2. The van der Waals surface area contributed by atoms with Crippen molar-refractivity contribution < 1.29 is 9.59 Å².